The molecule has 2 aliphatic rings. The lowest BCUT2D eigenvalue weighted by molar-refractivity contribution is -0.136. The number of carbonyl (C=O) groups is 1. The van der Waals surface area contributed by atoms with Crippen molar-refractivity contribution in [2.45, 2.75) is 17.4 Å². The van der Waals surface area contributed by atoms with E-state index in [0.717, 1.165) is 5.41 Å². The molecule has 1 aromatic carbocycles. The molecular formula is C15H18N2O6S2. The number of nitrogens with one attached hydrogen (secondary N) is 1. The number of fused-ring (bicyclic) bond motifs is 1. The van der Waals surface area contributed by atoms with Crippen LogP contribution in [-0.4, -0.2) is 51.3 Å². The van der Waals surface area contributed by atoms with Crippen LogP contribution < -0.4 is 4.72 Å². The summed E-state index contributed by atoms with van der Waals surface area (Å²) in [5.41, 5.74) is 0.412. The molecule has 0 bridgehead atoms. The summed E-state index contributed by atoms with van der Waals surface area (Å²) >= 11 is 0. The molecule has 1 aliphatic carbocycles. The number of carboxylic acids is 1. The maximum Gasteiger partial charge on any atom is 0.307 e. The van der Waals surface area contributed by atoms with Crippen LogP contribution in [0.15, 0.2) is 41.1 Å². The monoisotopic (exact) mass is 386 g/mol. The molecule has 0 spiro atoms. The van der Waals surface area contributed by atoms with Crippen molar-refractivity contribution in [3.63, 3.8) is 0 Å². The number of piperidine rings is 1. The third-order valence-corrected chi connectivity index (χ3v) is 7.44. The molecule has 10 heteroatoms. The largest absolute Gasteiger partial charge is 0.481 e. The fourth-order valence-corrected chi connectivity index (χ4v) is 5.65. The van der Waals surface area contributed by atoms with Gasteiger partial charge >= 0.3 is 5.97 Å². The number of sulfonamides is 2. The smallest absolute Gasteiger partial charge is 0.307 e. The van der Waals surface area contributed by atoms with Gasteiger partial charge in [-0.05, 0) is 29.5 Å². The predicted octanol–water partition coefficient (Wildman–Crippen LogP) is -0.00450. The summed E-state index contributed by atoms with van der Waals surface area (Å²) in [7, 11) is -7.26. The van der Waals surface area contributed by atoms with Crippen LogP contribution in [-0.2, 0) is 31.3 Å². The number of hydrogen-bond acceptors (Lipinski definition) is 5. The summed E-state index contributed by atoms with van der Waals surface area (Å²) < 4.78 is 52.2. The van der Waals surface area contributed by atoms with Crippen molar-refractivity contribution in [2.75, 3.05) is 13.1 Å². The van der Waals surface area contributed by atoms with E-state index in [1.54, 1.807) is 6.07 Å². The normalized spacial score (nSPS) is 26.2. The molecule has 3 rings (SSSR count). The van der Waals surface area contributed by atoms with Crippen LogP contribution in [0.4, 0.5) is 0 Å². The van der Waals surface area contributed by atoms with E-state index in [1.807, 2.05) is 0 Å². The zero-order chi connectivity index (χ0) is 18.4. The minimum Gasteiger partial charge on any atom is -0.481 e. The first kappa shape index (κ1) is 18.1. The van der Waals surface area contributed by atoms with Gasteiger partial charge < -0.3 is 5.11 Å². The molecule has 0 aromatic heterocycles. The van der Waals surface area contributed by atoms with Crippen LogP contribution >= 0.6 is 0 Å². The van der Waals surface area contributed by atoms with Crippen LogP contribution in [0.3, 0.4) is 0 Å². The highest BCUT2D eigenvalue weighted by molar-refractivity contribution is 7.92. The Morgan fingerprint density at radius 3 is 2.48 bits per heavy atom. The van der Waals surface area contributed by atoms with E-state index in [1.165, 1.54) is 22.5 Å². The van der Waals surface area contributed by atoms with Gasteiger partial charge in [0.25, 0.3) is 0 Å². The van der Waals surface area contributed by atoms with Gasteiger partial charge in [-0.1, -0.05) is 18.7 Å². The number of aliphatic carboxylic acids is 1. The van der Waals surface area contributed by atoms with Crippen LogP contribution in [0.5, 0.6) is 0 Å². The topological polar surface area (TPSA) is 121 Å². The maximum atomic E-state index is 12.7. The van der Waals surface area contributed by atoms with Gasteiger partial charge in [-0.25, -0.2) is 21.6 Å². The average molecular weight is 386 g/mol. The molecule has 2 N–H and O–H groups in total. The molecule has 1 saturated heterocycles. The predicted molar refractivity (Wildman–Crippen MR) is 89.6 cm³/mol. The number of rotatable bonds is 7. The van der Waals surface area contributed by atoms with Crippen molar-refractivity contribution < 1.29 is 26.7 Å². The van der Waals surface area contributed by atoms with E-state index < -0.39 is 26.0 Å². The highest BCUT2D eigenvalue weighted by Gasteiger charge is 2.59. The zero-order valence-corrected chi connectivity index (χ0v) is 14.8. The van der Waals surface area contributed by atoms with E-state index in [4.69, 9.17) is 5.11 Å². The lowest BCUT2D eigenvalue weighted by atomic mass is 10.2. The summed E-state index contributed by atoms with van der Waals surface area (Å²) in [6.07, 6.45) is -0.250. The molecule has 1 saturated carbocycles. The van der Waals surface area contributed by atoms with Crippen molar-refractivity contribution in [1.29, 1.82) is 0 Å². The van der Waals surface area contributed by atoms with Crippen molar-refractivity contribution in [1.82, 2.24) is 9.03 Å². The van der Waals surface area contributed by atoms with Gasteiger partial charge in [0.15, 0.2) is 0 Å². The minimum absolute atomic E-state index is 0.0493. The van der Waals surface area contributed by atoms with Gasteiger partial charge in [0.05, 0.1) is 11.3 Å². The lowest BCUT2D eigenvalue weighted by Crippen LogP contribution is -2.36. The second-order valence-electron chi connectivity index (χ2n) is 6.22. The highest BCUT2D eigenvalue weighted by Crippen LogP contribution is 2.47. The van der Waals surface area contributed by atoms with Crippen molar-refractivity contribution in [3.05, 3.63) is 41.8 Å². The molecule has 1 aliphatic heterocycles. The Bertz CT molecular complexity index is 913. The summed E-state index contributed by atoms with van der Waals surface area (Å²) in [6.45, 7) is 3.70. The van der Waals surface area contributed by atoms with Gasteiger partial charge in [-0.3, -0.25) is 4.79 Å². The molecule has 0 amide bonds. The van der Waals surface area contributed by atoms with Gasteiger partial charge in [0.1, 0.15) is 0 Å². The fraction of sp³-hybridized carbons (Fsp3) is 0.400. The van der Waals surface area contributed by atoms with E-state index in [0.29, 0.717) is 5.56 Å². The van der Waals surface area contributed by atoms with Crippen LogP contribution in [0.1, 0.15) is 5.56 Å². The van der Waals surface area contributed by atoms with Crippen LogP contribution in [0.2, 0.25) is 0 Å². The molecule has 25 heavy (non-hydrogen) atoms. The second-order valence-corrected chi connectivity index (χ2v) is 9.82. The van der Waals surface area contributed by atoms with Gasteiger partial charge in [-0.15, -0.1) is 0 Å². The quantitative estimate of drug-likeness (QED) is 0.680. The SMILES string of the molecule is C=CS(=O)(=O)N[C@H]1[C@@H]2CN(S(=O)(=O)c3cccc(CC(=O)O)c3)C[C@@H]21. The van der Waals surface area contributed by atoms with Gasteiger partial charge in [-0.2, -0.15) is 4.31 Å². The van der Waals surface area contributed by atoms with Crippen LogP contribution in [0, 0.1) is 11.8 Å². The first-order valence-corrected chi connectivity index (χ1v) is 10.6. The maximum absolute atomic E-state index is 12.7. The first-order valence-electron chi connectivity index (χ1n) is 7.60. The van der Waals surface area contributed by atoms with Gasteiger partial charge in [0.2, 0.25) is 20.0 Å². The van der Waals surface area contributed by atoms with E-state index in [9.17, 15) is 21.6 Å². The second kappa shape index (κ2) is 6.20. The Morgan fingerprint density at radius 1 is 1.28 bits per heavy atom. The molecule has 1 heterocycles. The molecule has 8 nitrogen and oxygen atoms in total. The van der Waals surface area contributed by atoms with Crippen molar-refractivity contribution in [2.24, 2.45) is 11.8 Å². The Kier molecular flexibility index (Phi) is 4.48. The van der Waals surface area contributed by atoms with E-state index in [2.05, 4.69) is 11.3 Å². The molecule has 136 valence electrons. The van der Waals surface area contributed by atoms with Crippen molar-refractivity contribution in [3.8, 4) is 0 Å². The Balaban J connectivity index is 1.70. The molecule has 0 unspecified atom stereocenters. The van der Waals surface area contributed by atoms with E-state index in [-0.39, 0.29) is 42.3 Å². The number of carboxylic acid groups (broad SMARTS) is 1. The van der Waals surface area contributed by atoms with Gasteiger partial charge in [0, 0.05) is 24.5 Å². The Morgan fingerprint density at radius 2 is 1.92 bits per heavy atom. The van der Waals surface area contributed by atoms with Crippen molar-refractivity contribution >= 4 is 26.0 Å². The molecular weight excluding hydrogens is 368 g/mol. The molecule has 3 atom stereocenters. The summed E-state index contributed by atoms with van der Waals surface area (Å²) in [6, 6.07) is 5.62. The number of nitrogens with zero attached hydrogens (tertiary/aromatic N) is 1. The van der Waals surface area contributed by atoms with Crippen LogP contribution in [0.25, 0.3) is 0 Å². The molecule has 2 fully saturated rings. The fourth-order valence-electron chi connectivity index (χ4n) is 3.24. The molecule has 0 radical (unpaired) electrons. The summed E-state index contributed by atoms with van der Waals surface area (Å²) in [5.74, 6) is -1.13. The first-order chi connectivity index (χ1) is 11.6. The minimum atomic E-state index is -3.73. The Hall–Kier alpha value is -1.75. The third-order valence-electron chi connectivity index (χ3n) is 4.57. The van der Waals surface area contributed by atoms with E-state index >= 15 is 0 Å². The number of benzene rings is 1. The third kappa shape index (κ3) is 3.61. The zero-order valence-electron chi connectivity index (χ0n) is 13.2. The average Bonchev–Trinajstić information content (AvgIpc) is 2.96. The highest BCUT2D eigenvalue weighted by atomic mass is 32.2. The lowest BCUT2D eigenvalue weighted by Gasteiger charge is -2.20. The standard InChI is InChI=1S/C15H18N2O6S2/c1-2-24(20,21)16-15-12-8-17(9-13(12)15)25(22,23)11-5-3-4-10(6-11)7-14(18)19/h2-6,12-13,15-16H,1,7-9H2,(H,18,19)/t12-,13+,15+. The Labute approximate surface area is 146 Å². The number of hydrogen-bond donors (Lipinski definition) is 2. The molecule has 1 aromatic rings. The summed E-state index contributed by atoms with van der Waals surface area (Å²) in [4.78, 5) is 10.8. The summed E-state index contributed by atoms with van der Waals surface area (Å²) in [5, 5.41) is 9.67.